The van der Waals surface area contributed by atoms with E-state index >= 15 is 0 Å². The number of ether oxygens (including phenoxy) is 8. The van der Waals surface area contributed by atoms with Crippen LogP contribution in [0.2, 0.25) is 0 Å². The second-order valence-electron chi connectivity index (χ2n) is 12.4. The summed E-state index contributed by atoms with van der Waals surface area (Å²) in [4.78, 5) is 0. The van der Waals surface area contributed by atoms with E-state index in [1.54, 1.807) is 0 Å². The van der Waals surface area contributed by atoms with Crippen LogP contribution in [0.4, 0.5) is 0 Å². The van der Waals surface area contributed by atoms with Crippen molar-refractivity contribution in [2.24, 2.45) is 5.73 Å². The van der Waals surface area contributed by atoms with Crippen LogP contribution in [0, 0.1) is 0 Å². The second-order valence-corrected chi connectivity index (χ2v) is 15.1. The first-order valence-electron chi connectivity index (χ1n) is 20.1. The molecule has 0 aromatic rings. The highest BCUT2D eigenvalue weighted by Crippen LogP contribution is 2.25. The number of hydrogen-bond donors (Lipinski definition) is 2. The van der Waals surface area contributed by atoms with Crippen molar-refractivity contribution < 1.29 is 43.0 Å². The Morgan fingerprint density at radius 3 is 0.820 bits per heavy atom. The van der Waals surface area contributed by atoms with E-state index in [0.717, 1.165) is 26.1 Å². The minimum atomic E-state index is 0.0636. The van der Waals surface area contributed by atoms with Crippen LogP contribution >= 0.6 is 21.6 Å². The topological polar surface area (TPSA) is 120 Å². The van der Waals surface area contributed by atoms with Gasteiger partial charge in [0.1, 0.15) is 0 Å². The molecule has 302 valence electrons. The molecule has 0 saturated carbocycles. The van der Waals surface area contributed by atoms with Gasteiger partial charge in [-0.05, 0) is 25.7 Å². The van der Waals surface area contributed by atoms with Crippen molar-refractivity contribution in [1.82, 2.24) is 0 Å². The Labute approximate surface area is 315 Å². The average Bonchev–Trinajstić information content (AvgIpc) is 3.13. The van der Waals surface area contributed by atoms with Crippen molar-refractivity contribution >= 4 is 21.6 Å². The number of nitrogens with two attached hydrogens (primary N) is 1. The molecule has 0 aliphatic heterocycles. The van der Waals surface area contributed by atoms with Gasteiger partial charge in [0.2, 0.25) is 0 Å². The molecule has 0 amide bonds. The summed E-state index contributed by atoms with van der Waals surface area (Å²) in [5.74, 6) is 2.62. The van der Waals surface area contributed by atoms with Gasteiger partial charge >= 0.3 is 0 Å². The SMILES string of the molecule is NCCOCCOCCOCCOCCOCCCCCCCCCCCSSCCCCCCCCCCCOCCOCCOCCO. The first kappa shape index (κ1) is 50.3. The van der Waals surface area contributed by atoms with E-state index in [0.29, 0.717) is 99.0 Å². The zero-order valence-electron chi connectivity index (χ0n) is 32.0. The van der Waals surface area contributed by atoms with Crippen LogP contribution in [0.5, 0.6) is 0 Å². The van der Waals surface area contributed by atoms with Gasteiger partial charge in [0, 0.05) is 31.3 Å². The monoisotopic (exact) mass is 758 g/mol. The van der Waals surface area contributed by atoms with E-state index in [9.17, 15) is 0 Å². The average molecular weight is 758 g/mol. The van der Waals surface area contributed by atoms with Crippen molar-refractivity contribution in [2.45, 2.75) is 116 Å². The van der Waals surface area contributed by atoms with Crippen LogP contribution < -0.4 is 5.73 Å². The molecule has 12 heteroatoms. The molecule has 0 spiro atoms. The molecule has 0 bridgehead atoms. The maximum atomic E-state index is 8.62. The molecule has 0 aliphatic carbocycles. The van der Waals surface area contributed by atoms with E-state index in [1.807, 2.05) is 0 Å². The lowest BCUT2D eigenvalue weighted by Crippen LogP contribution is -2.14. The summed E-state index contributed by atoms with van der Waals surface area (Å²) in [7, 11) is 4.18. The van der Waals surface area contributed by atoms with Gasteiger partial charge in [0.25, 0.3) is 0 Å². The van der Waals surface area contributed by atoms with Gasteiger partial charge in [0.15, 0.2) is 0 Å². The third-order valence-corrected chi connectivity index (χ3v) is 10.4. The summed E-state index contributed by atoms with van der Waals surface area (Å²) in [6.45, 7) is 10.3. The molecule has 3 N–H and O–H groups in total. The molecule has 0 saturated heterocycles. The molecule has 0 rings (SSSR count). The van der Waals surface area contributed by atoms with Crippen LogP contribution in [0.25, 0.3) is 0 Å². The Hall–Kier alpha value is 0.300. The van der Waals surface area contributed by atoms with Gasteiger partial charge in [-0.2, -0.15) is 0 Å². The maximum absolute atomic E-state index is 8.62. The quantitative estimate of drug-likeness (QED) is 0.0474. The largest absolute Gasteiger partial charge is 0.394 e. The Morgan fingerprint density at radius 2 is 0.520 bits per heavy atom. The predicted molar refractivity (Wildman–Crippen MR) is 211 cm³/mol. The summed E-state index contributed by atoms with van der Waals surface area (Å²) in [6.07, 6.45) is 24.1. The third-order valence-electron chi connectivity index (χ3n) is 7.85. The Bertz CT molecular complexity index is 540. The van der Waals surface area contributed by atoms with E-state index in [2.05, 4.69) is 21.6 Å². The zero-order valence-corrected chi connectivity index (χ0v) is 33.6. The fraction of sp³-hybridized carbons (Fsp3) is 1.00. The molecular weight excluding hydrogens is 679 g/mol. The lowest BCUT2D eigenvalue weighted by Gasteiger charge is -2.08. The Kier molecular flexibility index (Phi) is 49.6. The molecule has 0 heterocycles. The highest BCUT2D eigenvalue weighted by Gasteiger charge is 1.98. The van der Waals surface area contributed by atoms with Gasteiger partial charge in [-0.15, -0.1) is 0 Å². The van der Waals surface area contributed by atoms with E-state index in [1.165, 1.54) is 114 Å². The predicted octanol–water partition coefficient (Wildman–Crippen LogP) is 7.47. The molecule has 0 fully saturated rings. The normalized spacial score (nSPS) is 11.6. The molecule has 0 aromatic carbocycles. The van der Waals surface area contributed by atoms with Gasteiger partial charge < -0.3 is 48.7 Å². The van der Waals surface area contributed by atoms with Gasteiger partial charge in [0.05, 0.1) is 99.1 Å². The second kappa shape index (κ2) is 49.3. The van der Waals surface area contributed by atoms with Crippen LogP contribution in [0.15, 0.2) is 0 Å². The minimum Gasteiger partial charge on any atom is -0.394 e. The van der Waals surface area contributed by atoms with Gasteiger partial charge in [-0.25, -0.2) is 0 Å². The number of hydrogen-bond acceptors (Lipinski definition) is 12. The molecule has 50 heavy (non-hydrogen) atoms. The van der Waals surface area contributed by atoms with Crippen molar-refractivity contribution in [3.05, 3.63) is 0 Å². The van der Waals surface area contributed by atoms with Gasteiger partial charge in [-0.3, -0.25) is 0 Å². The van der Waals surface area contributed by atoms with E-state index < -0.39 is 0 Å². The van der Waals surface area contributed by atoms with Crippen molar-refractivity contribution in [1.29, 1.82) is 0 Å². The fourth-order valence-corrected chi connectivity index (χ4v) is 7.29. The fourth-order valence-electron chi connectivity index (χ4n) is 4.99. The lowest BCUT2D eigenvalue weighted by atomic mass is 10.1. The zero-order chi connectivity index (χ0) is 35.9. The molecule has 0 radical (unpaired) electrons. The number of aliphatic hydroxyl groups is 1. The first-order chi connectivity index (χ1) is 24.9. The lowest BCUT2D eigenvalue weighted by molar-refractivity contribution is -0.0107. The Balaban J connectivity index is 3.04. The molecule has 0 atom stereocenters. The van der Waals surface area contributed by atoms with Gasteiger partial charge in [-0.1, -0.05) is 111 Å². The summed E-state index contributed by atoms with van der Waals surface area (Å²) in [5.41, 5.74) is 5.35. The number of unbranched alkanes of at least 4 members (excludes halogenated alkanes) is 16. The molecular formula is C38H79NO9S2. The highest BCUT2D eigenvalue weighted by molar-refractivity contribution is 8.76. The standard InChI is InChI=1S/C38H79NO9S2/c39-19-23-43-27-31-47-34-36-48-35-33-46-30-26-42-22-16-12-8-4-2-6-10-14-18-38-50-49-37-17-13-9-5-1-3-7-11-15-21-41-25-29-45-32-28-44-24-20-40/h40H,1-39H2. The van der Waals surface area contributed by atoms with Crippen LogP contribution in [0.1, 0.15) is 116 Å². The first-order valence-corrected chi connectivity index (χ1v) is 22.6. The summed E-state index contributed by atoms with van der Waals surface area (Å²) in [6, 6.07) is 0. The van der Waals surface area contributed by atoms with Crippen LogP contribution in [-0.2, 0) is 37.9 Å². The van der Waals surface area contributed by atoms with E-state index in [-0.39, 0.29) is 6.61 Å². The highest BCUT2D eigenvalue weighted by atomic mass is 33.1. The molecule has 10 nitrogen and oxygen atoms in total. The third kappa shape index (κ3) is 48.3. The van der Waals surface area contributed by atoms with E-state index in [4.69, 9.17) is 48.7 Å². The Morgan fingerprint density at radius 1 is 0.280 bits per heavy atom. The molecule has 0 aliphatic rings. The minimum absolute atomic E-state index is 0.0636. The van der Waals surface area contributed by atoms with Crippen LogP contribution in [-0.4, -0.2) is 135 Å². The summed E-state index contributed by atoms with van der Waals surface area (Å²) >= 11 is 0. The smallest absolute Gasteiger partial charge is 0.0701 e. The molecule has 0 aromatic heterocycles. The number of aliphatic hydroxyl groups excluding tert-OH is 1. The summed E-state index contributed by atoms with van der Waals surface area (Å²) in [5, 5.41) is 8.62. The molecule has 0 unspecified atom stereocenters. The summed E-state index contributed by atoms with van der Waals surface area (Å²) < 4.78 is 43.5. The van der Waals surface area contributed by atoms with Crippen molar-refractivity contribution in [2.75, 3.05) is 130 Å². The maximum Gasteiger partial charge on any atom is 0.0701 e. The number of rotatable bonds is 47. The van der Waals surface area contributed by atoms with Crippen LogP contribution in [0.3, 0.4) is 0 Å². The van der Waals surface area contributed by atoms with Crippen molar-refractivity contribution in [3.8, 4) is 0 Å². The van der Waals surface area contributed by atoms with Crippen molar-refractivity contribution in [3.63, 3.8) is 0 Å².